The molecule has 4 heteroatoms. The molecule has 0 unspecified atom stereocenters. The van der Waals surface area contributed by atoms with Crippen molar-refractivity contribution in [2.45, 2.75) is 0 Å². The molecule has 15 rings (SSSR count). The second-order valence-electron chi connectivity index (χ2n) is 18.3. The first-order valence-corrected chi connectivity index (χ1v) is 23.9. The summed E-state index contributed by atoms with van der Waals surface area (Å²) in [5.41, 5.74) is 14.5. The van der Waals surface area contributed by atoms with Gasteiger partial charge < -0.3 is 18.0 Å². The fourth-order valence-electron chi connectivity index (χ4n) is 11.4. The van der Waals surface area contributed by atoms with Gasteiger partial charge in [0, 0.05) is 44.0 Å². The lowest BCUT2D eigenvalue weighted by atomic mass is 9.90. The molecule has 0 aliphatic heterocycles. The predicted octanol–water partition coefficient (Wildman–Crippen LogP) is 18.4. The first-order chi connectivity index (χ1) is 34.7. The van der Waals surface area contributed by atoms with Crippen LogP contribution in [0.4, 0.5) is 0 Å². The van der Waals surface area contributed by atoms with Gasteiger partial charge in [0.25, 0.3) is 0 Å². The highest BCUT2D eigenvalue weighted by Gasteiger charge is 2.20. The maximum Gasteiger partial charge on any atom is 0.143 e. The number of nitrogens with zero attached hydrogens (tertiary/aromatic N) is 2. The van der Waals surface area contributed by atoms with E-state index in [1.165, 1.54) is 10.8 Å². The fourth-order valence-corrected chi connectivity index (χ4v) is 11.4. The van der Waals surface area contributed by atoms with Crippen molar-refractivity contribution in [3.8, 4) is 33.6 Å². The third-order valence-electron chi connectivity index (χ3n) is 14.5. The molecule has 0 fully saturated rings. The predicted molar refractivity (Wildman–Crippen MR) is 293 cm³/mol. The maximum atomic E-state index is 6.71. The average Bonchev–Trinajstić information content (AvgIpc) is 4.01. The van der Waals surface area contributed by atoms with Crippen LogP contribution in [0.1, 0.15) is 0 Å². The monoisotopic (exact) mass is 892 g/mol. The number of hydrogen-bond donors (Lipinski definition) is 0. The Kier molecular flexibility index (Phi) is 8.33. The second-order valence-corrected chi connectivity index (χ2v) is 18.3. The van der Waals surface area contributed by atoms with E-state index in [9.17, 15) is 0 Å². The molecule has 3 aromatic heterocycles. The van der Waals surface area contributed by atoms with E-state index in [1.807, 2.05) is 12.1 Å². The summed E-state index contributed by atoms with van der Waals surface area (Å²) >= 11 is 0. The summed E-state index contributed by atoms with van der Waals surface area (Å²) in [5.74, 6) is 0. The van der Waals surface area contributed by atoms with Crippen molar-refractivity contribution in [2.24, 2.45) is 0 Å². The highest BCUT2D eigenvalue weighted by molar-refractivity contribution is 6.28. The van der Waals surface area contributed by atoms with Gasteiger partial charge in [-0.1, -0.05) is 170 Å². The highest BCUT2D eigenvalue weighted by atomic mass is 16.3. The van der Waals surface area contributed by atoms with Gasteiger partial charge in [-0.05, 0) is 127 Å². The number of para-hydroxylation sites is 8. The van der Waals surface area contributed by atoms with Crippen molar-refractivity contribution in [3.05, 3.63) is 243 Å². The van der Waals surface area contributed by atoms with Crippen LogP contribution < -0.4 is 0 Å². The second kappa shape index (κ2) is 15.1. The van der Waals surface area contributed by atoms with Crippen molar-refractivity contribution in [1.82, 2.24) is 9.13 Å². The van der Waals surface area contributed by atoms with Crippen LogP contribution >= 0.6 is 0 Å². The van der Waals surface area contributed by atoms with E-state index in [2.05, 4.69) is 240 Å². The van der Waals surface area contributed by atoms with Gasteiger partial charge in [0.1, 0.15) is 22.3 Å². The van der Waals surface area contributed by atoms with E-state index in [-0.39, 0.29) is 0 Å². The molecule has 0 N–H and O–H groups in total. The third kappa shape index (κ3) is 5.71. The number of rotatable bonds is 4. The zero-order valence-corrected chi connectivity index (χ0v) is 37.8. The quantitative estimate of drug-likeness (QED) is 0.165. The lowest BCUT2D eigenvalue weighted by Crippen LogP contribution is -2.08. The Hall–Kier alpha value is -9.38. The average molecular weight is 893 g/mol. The molecule has 12 aromatic carbocycles. The van der Waals surface area contributed by atoms with Crippen LogP contribution in [0.25, 0.3) is 143 Å². The standard InChI is InChI=1S/C66H40N2O2/c1-3-17-43(18-4-1)67-59-29-11-12-30-60(59)68(44-19-5-2-6-20-44)62-40-58-50-36-34-42(46-26-16-28-54-52-24-10-14-32-64(52)70-66(46)54)38-56(50)55-37-41(45-25-15-27-53-51-23-9-13-31-63(51)69-65(45)53)33-35-49(55)47-21-7-8-22-48(47)57(58)39-61(62)67/h1-40H. The summed E-state index contributed by atoms with van der Waals surface area (Å²) in [7, 11) is 0. The van der Waals surface area contributed by atoms with E-state index in [0.717, 1.165) is 132 Å². The van der Waals surface area contributed by atoms with E-state index in [4.69, 9.17) is 8.83 Å². The molecule has 15 aromatic rings. The molecule has 326 valence electrons. The van der Waals surface area contributed by atoms with Crippen molar-refractivity contribution >= 4 is 109 Å². The molecule has 0 aliphatic carbocycles. The number of benzene rings is 11. The molecule has 0 amide bonds. The summed E-state index contributed by atoms with van der Waals surface area (Å²) in [4.78, 5) is 0. The van der Waals surface area contributed by atoms with Crippen LogP contribution in [0.2, 0.25) is 0 Å². The van der Waals surface area contributed by atoms with Gasteiger partial charge in [0.05, 0.1) is 22.1 Å². The Morgan fingerprint density at radius 3 is 1.07 bits per heavy atom. The van der Waals surface area contributed by atoms with Gasteiger partial charge in [0.2, 0.25) is 0 Å². The van der Waals surface area contributed by atoms with E-state index in [0.29, 0.717) is 0 Å². The van der Waals surface area contributed by atoms with E-state index >= 15 is 0 Å². The van der Waals surface area contributed by atoms with E-state index in [1.54, 1.807) is 0 Å². The van der Waals surface area contributed by atoms with Crippen LogP contribution in [0.3, 0.4) is 0 Å². The van der Waals surface area contributed by atoms with Crippen molar-refractivity contribution in [3.63, 3.8) is 0 Å². The SMILES string of the molecule is c1ccc(-n2c3ccccc3n(-c3ccccc3)c3cc4c5ccc(-c6cccc7c6oc6ccccc67)cc5c5cc(-c6cccc7c6oc6ccccc67)ccc5c5ccccc5c4cc32)cc1. The Morgan fingerprint density at radius 2 is 0.586 bits per heavy atom. The fraction of sp³-hybridized carbons (Fsp3) is 0. The van der Waals surface area contributed by atoms with Crippen LogP contribution in [0.5, 0.6) is 0 Å². The third-order valence-corrected chi connectivity index (χ3v) is 14.5. The van der Waals surface area contributed by atoms with Crippen molar-refractivity contribution in [2.75, 3.05) is 0 Å². The highest BCUT2D eigenvalue weighted by Crippen LogP contribution is 2.44. The minimum atomic E-state index is 0.885. The Balaban J connectivity index is 1.14. The Bertz CT molecular complexity index is 4700. The van der Waals surface area contributed by atoms with Gasteiger partial charge in [-0.15, -0.1) is 0 Å². The Labute approximate surface area is 401 Å². The zero-order chi connectivity index (χ0) is 45.9. The lowest BCUT2D eigenvalue weighted by Gasteiger charge is -2.23. The zero-order valence-electron chi connectivity index (χ0n) is 37.8. The van der Waals surface area contributed by atoms with Gasteiger partial charge in [-0.25, -0.2) is 0 Å². The van der Waals surface area contributed by atoms with Crippen LogP contribution in [0, 0.1) is 0 Å². The molecule has 0 spiro atoms. The van der Waals surface area contributed by atoms with Gasteiger partial charge in [-0.2, -0.15) is 0 Å². The molecule has 3 heterocycles. The molecule has 0 saturated carbocycles. The minimum Gasteiger partial charge on any atom is -0.455 e. The Morgan fingerprint density at radius 1 is 0.229 bits per heavy atom. The van der Waals surface area contributed by atoms with Crippen molar-refractivity contribution < 1.29 is 8.83 Å². The lowest BCUT2D eigenvalue weighted by molar-refractivity contribution is 0.669. The molecule has 0 atom stereocenters. The van der Waals surface area contributed by atoms with Gasteiger partial charge in [-0.3, -0.25) is 0 Å². The summed E-state index contributed by atoms with van der Waals surface area (Å²) in [6.45, 7) is 0. The molecular weight excluding hydrogens is 853 g/mol. The molecular formula is C66H40N2O2. The van der Waals surface area contributed by atoms with Crippen LogP contribution in [-0.4, -0.2) is 9.13 Å². The first-order valence-electron chi connectivity index (χ1n) is 23.9. The van der Waals surface area contributed by atoms with Gasteiger partial charge >= 0.3 is 0 Å². The number of fused-ring (bicyclic) bond motifs is 16. The number of aromatic nitrogens is 2. The first kappa shape index (κ1) is 38.7. The van der Waals surface area contributed by atoms with Gasteiger partial charge in [0.15, 0.2) is 0 Å². The van der Waals surface area contributed by atoms with Crippen molar-refractivity contribution in [1.29, 1.82) is 0 Å². The summed E-state index contributed by atoms with van der Waals surface area (Å²) in [5, 5.41) is 13.7. The summed E-state index contributed by atoms with van der Waals surface area (Å²) in [6, 6.07) is 87.9. The molecule has 0 bridgehead atoms. The maximum absolute atomic E-state index is 6.71. The number of furan rings is 2. The smallest absolute Gasteiger partial charge is 0.143 e. The van der Waals surface area contributed by atoms with Crippen LogP contribution in [0.15, 0.2) is 251 Å². The molecule has 70 heavy (non-hydrogen) atoms. The molecule has 0 saturated heterocycles. The normalized spacial score (nSPS) is 12.0. The largest absolute Gasteiger partial charge is 0.455 e. The summed E-state index contributed by atoms with van der Waals surface area (Å²) < 4.78 is 18.3. The summed E-state index contributed by atoms with van der Waals surface area (Å²) in [6.07, 6.45) is 0. The number of hydrogen-bond acceptors (Lipinski definition) is 2. The molecule has 4 nitrogen and oxygen atoms in total. The molecule has 0 aliphatic rings. The molecule has 0 radical (unpaired) electrons. The topological polar surface area (TPSA) is 36.1 Å². The van der Waals surface area contributed by atoms with E-state index < -0.39 is 0 Å². The van der Waals surface area contributed by atoms with Crippen LogP contribution in [-0.2, 0) is 0 Å². The minimum absolute atomic E-state index is 0.885.